The van der Waals surface area contributed by atoms with Crippen molar-refractivity contribution in [3.05, 3.63) is 95.6 Å². The van der Waals surface area contributed by atoms with Crippen molar-refractivity contribution < 1.29 is 21.6 Å². The van der Waals surface area contributed by atoms with Crippen LogP contribution in [0.4, 0.5) is 0 Å². The van der Waals surface area contributed by atoms with Crippen molar-refractivity contribution in [2.75, 3.05) is 12.3 Å². The third-order valence-electron chi connectivity index (χ3n) is 5.03. The molecule has 0 radical (unpaired) electrons. The summed E-state index contributed by atoms with van der Waals surface area (Å²) in [6.07, 6.45) is 0.235. The number of hydrogen-bond acceptors (Lipinski definition) is 5. The molecule has 0 saturated carbocycles. The molecule has 0 aliphatic rings. The summed E-state index contributed by atoms with van der Waals surface area (Å²) in [5, 5.41) is 2.66. The molecule has 0 aromatic heterocycles. The summed E-state index contributed by atoms with van der Waals surface area (Å²) >= 11 is 0. The van der Waals surface area contributed by atoms with Gasteiger partial charge >= 0.3 is 0 Å². The third-order valence-corrected chi connectivity index (χ3v) is 8.39. The van der Waals surface area contributed by atoms with E-state index in [1.165, 1.54) is 18.2 Å². The Balaban J connectivity index is 1.60. The number of sulfonamides is 1. The number of carbonyl (C=O) groups is 1. The second-order valence-corrected chi connectivity index (χ2v) is 11.4. The fourth-order valence-electron chi connectivity index (χ4n) is 3.19. The summed E-state index contributed by atoms with van der Waals surface area (Å²) in [6.45, 7) is 1.94. The lowest BCUT2D eigenvalue weighted by Crippen LogP contribution is -2.27. The Labute approximate surface area is 194 Å². The fourth-order valence-corrected chi connectivity index (χ4v) is 5.81. The van der Waals surface area contributed by atoms with E-state index < -0.39 is 25.8 Å². The highest BCUT2D eigenvalue weighted by Gasteiger charge is 2.19. The number of sulfone groups is 1. The van der Waals surface area contributed by atoms with Gasteiger partial charge in [0.15, 0.2) is 9.84 Å². The Morgan fingerprint density at radius 2 is 1.48 bits per heavy atom. The van der Waals surface area contributed by atoms with E-state index in [4.69, 9.17) is 0 Å². The number of hydrogen-bond donors (Lipinski definition) is 2. The molecule has 7 nitrogen and oxygen atoms in total. The van der Waals surface area contributed by atoms with Crippen molar-refractivity contribution in [2.24, 2.45) is 0 Å². The summed E-state index contributed by atoms with van der Waals surface area (Å²) in [7, 11) is -7.25. The molecule has 0 atom stereocenters. The minimum Gasteiger partial charge on any atom is -0.352 e. The molecule has 9 heteroatoms. The molecule has 0 spiro atoms. The SMILES string of the molecule is Cc1ccc(C(=O)NCCCS(=O)(=O)c2ccccc2)cc1S(=O)(=O)NCc1ccccc1. The molecule has 2 N–H and O–H groups in total. The van der Waals surface area contributed by atoms with Crippen LogP contribution >= 0.6 is 0 Å². The van der Waals surface area contributed by atoms with Crippen molar-refractivity contribution in [3.8, 4) is 0 Å². The Morgan fingerprint density at radius 3 is 2.15 bits per heavy atom. The van der Waals surface area contributed by atoms with Gasteiger partial charge in [-0.25, -0.2) is 21.6 Å². The maximum Gasteiger partial charge on any atom is 0.251 e. The van der Waals surface area contributed by atoms with Crippen molar-refractivity contribution in [1.82, 2.24) is 10.0 Å². The van der Waals surface area contributed by atoms with Gasteiger partial charge in [0.2, 0.25) is 10.0 Å². The van der Waals surface area contributed by atoms with Gasteiger partial charge in [-0.2, -0.15) is 0 Å². The van der Waals surface area contributed by atoms with Crippen LogP contribution in [0.1, 0.15) is 27.9 Å². The molecule has 0 fully saturated rings. The first-order valence-electron chi connectivity index (χ1n) is 10.4. The van der Waals surface area contributed by atoms with Gasteiger partial charge in [-0.05, 0) is 48.7 Å². The average Bonchev–Trinajstić information content (AvgIpc) is 2.82. The average molecular weight is 487 g/mol. The zero-order chi connectivity index (χ0) is 23.9. The summed E-state index contributed by atoms with van der Waals surface area (Å²) in [6, 6.07) is 21.7. The number of amides is 1. The largest absolute Gasteiger partial charge is 0.352 e. The summed E-state index contributed by atoms with van der Waals surface area (Å²) < 4.78 is 52.8. The van der Waals surface area contributed by atoms with Gasteiger partial charge in [0.05, 0.1) is 15.5 Å². The summed E-state index contributed by atoms with van der Waals surface area (Å²) in [5.41, 5.74) is 1.52. The Kier molecular flexibility index (Phi) is 8.01. The van der Waals surface area contributed by atoms with Crippen LogP contribution in [0.3, 0.4) is 0 Å². The molecule has 3 aromatic rings. The third kappa shape index (κ3) is 6.74. The standard InChI is InChI=1S/C24H26N2O5S2/c1-19-13-14-21(17-23(19)33(30,31)26-18-20-9-4-2-5-10-20)24(27)25-15-8-16-32(28,29)22-11-6-3-7-12-22/h2-7,9-14,17,26H,8,15-16,18H2,1H3,(H,25,27). The van der Waals surface area contributed by atoms with Gasteiger partial charge in [0.25, 0.3) is 5.91 Å². The summed E-state index contributed by atoms with van der Waals surface area (Å²) in [5.74, 6) is -0.569. The Morgan fingerprint density at radius 1 is 0.848 bits per heavy atom. The van der Waals surface area contributed by atoms with E-state index in [-0.39, 0.29) is 40.6 Å². The number of benzene rings is 3. The molecule has 0 bridgehead atoms. The van der Waals surface area contributed by atoms with Crippen LogP contribution in [-0.4, -0.2) is 35.0 Å². The molecule has 0 aliphatic carbocycles. The first kappa shape index (κ1) is 24.6. The van der Waals surface area contributed by atoms with Crippen LogP contribution in [0.5, 0.6) is 0 Å². The molecular weight excluding hydrogens is 460 g/mol. The lowest BCUT2D eigenvalue weighted by atomic mass is 10.1. The highest BCUT2D eigenvalue weighted by atomic mass is 32.2. The summed E-state index contributed by atoms with van der Waals surface area (Å²) in [4.78, 5) is 12.8. The van der Waals surface area contributed by atoms with Crippen molar-refractivity contribution in [1.29, 1.82) is 0 Å². The van der Waals surface area contributed by atoms with E-state index in [0.29, 0.717) is 5.56 Å². The second-order valence-electron chi connectivity index (χ2n) is 7.53. The topological polar surface area (TPSA) is 109 Å². The Bertz CT molecular complexity index is 1310. The lowest BCUT2D eigenvalue weighted by Gasteiger charge is -2.12. The van der Waals surface area contributed by atoms with Gasteiger partial charge in [-0.3, -0.25) is 4.79 Å². The molecule has 33 heavy (non-hydrogen) atoms. The highest BCUT2D eigenvalue weighted by molar-refractivity contribution is 7.91. The molecule has 3 rings (SSSR count). The van der Waals surface area contributed by atoms with Crippen LogP contribution in [0.2, 0.25) is 0 Å². The zero-order valence-corrected chi connectivity index (χ0v) is 19.8. The Hall–Kier alpha value is -3.01. The van der Waals surface area contributed by atoms with E-state index in [9.17, 15) is 21.6 Å². The lowest BCUT2D eigenvalue weighted by molar-refractivity contribution is 0.0953. The minimum atomic E-state index is -3.83. The first-order valence-corrected chi connectivity index (χ1v) is 13.5. The van der Waals surface area contributed by atoms with E-state index >= 15 is 0 Å². The van der Waals surface area contributed by atoms with Crippen LogP contribution in [0, 0.1) is 6.92 Å². The predicted octanol–water partition coefficient (Wildman–Crippen LogP) is 3.07. The molecule has 3 aromatic carbocycles. The monoisotopic (exact) mass is 486 g/mol. The molecule has 174 valence electrons. The fraction of sp³-hybridized carbons (Fsp3) is 0.208. The van der Waals surface area contributed by atoms with Crippen LogP contribution < -0.4 is 10.0 Å². The number of rotatable bonds is 10. The maximum atomic E-state index is 12.8. The van der Waals surface area contributed by atoms with E-state index in [1.807, 2.05) is 30.3 Å². The molecule has 0 heterocycles. The minimum absolute atomic E-state index is 0.0257. The molecule has 1 amide bonds. The van der Waals surface area contributed by atoms with Gasteiger partial charge in [-0.15, -0.1) is 0 Å². The quantitative estimate of drug-likeness (QED) is 0.428. The highest BCUT2D eigenvalue weighted by Crippen LogP contribution is 2.18. The van der Waals surface area contributed by atoms with Crippen LogP contribution in [-0.2, 0) is 26.4 Å². The van der Waals surface area contributed by atoms with E-state index in [2.05, 4.69) is 10.0 Å². The second kappa shape index (κ2) is 10.7. The van der Waals surface area contributed by atoms with Gasteiger partial charge < -0.3 is 5.32 Å². The molecule has 0 aliphatic heterocycles. The smallest absolute Gasteiger partial charge is 0.251 e. The molecular formula is C24H26N2O5S2. The van der Waals surface area contributed by atoms with Crippen LogP contribution in [0.25, 0.3) is 0 Å². The zero-order valence-electron chi connectivity index (χ0n) is 18.2. The maximum absolute atomic E-state index is 12.8. The van der Waals surface area contributed by atoms with Gasteiger partial charge in [0, 0.05) is 18.7 Å². The first-order chi connectivity index (χ1) is 15.7. The van der Waals surface area contributed by atoms with Crippen LogP contribution in [0.15, 0.2) is 88.7 Å². The van der Waals surface area contributed by atoms with Crippen molar-refractivity contribution >= 4 is 25.8 Å². The van der Waals surface area contributed by atoms with E-state index in [1.54, 1.807) is 37.3 Å². The normalized spacial score (nSPS) is 11.8. The van der Waals surface area contributed by atoms with E-state index in [0.717, 1.165) is 5.56 Å². The van der Waals surface area contributed by atoms with Crippen molar-refractivity contribution in [3.63, 3.8) is 0 Å². The van der Waals surface area contributed by atoms with Crippen molar-refractivity contribution in [2.45, 2.75) is 29.7 Å². The predicted molar refractivity (Wildman–Crippen MR) is 127 cm³/mol. The van der Waals surface area contributed by atoms with Gasteiger partial charge in [0.1, 0.15) is 0 Å². The molecule has 0 saturated heterocycles. The van der Waals surface area contributed by atoms with Gasteiger partial charge in [-0.1, -0.05) is 54.6 Å². The number of carbonyl (C=O) groups excluding carboxylic acids is 1. The molecule has 0 unspecified atom stereocenters. The number of nitrogens with one attached hydrogen (secondary N) is 2. The number of aryl methyl sites for hydroxylation is 1.